The molecule has 0 radical (unpaired) electrons. The summed E-state index contributed by atoms with van der Waals surface area (Å²) in [4.78, 5) is 23.0. The fourth-order valence-electron chi connectivity index (χ4n) is 2.58. The monoisotopic (exact) mass is 254 g/mol. The number of rotatable bonds is 2. The van der Waals surface area contributed by atoms with Gasteiger partial charge in [-0.2, -0.15) is 0 Å². The molecule has 4 nitrogen and oxygen atoms in total. The molecule has 1 heterocycles. The molecule has 0 bridgehead atoms. The molecule has 4 heteroatoms. The van der Waals surface area contributed by atoms with Crippen molar-refractivity contribution in [3.8, 4) is 5.69 Å². The highest BCUT2D eigenvalue weighted by Crippen LogP contribution is 2.25. The van der Waals surface area contributed by atoms with Crippen molar-refractivity contribution in [1.29, 1.82) is 0 Å². The smallest absolute Gasteiger partial charge is 0.248 e. The lowest BCUT2D eigenvalue weighted by Crippen LogP contribution is -2.13. The summed E-state index contributed by atoms with van der Waals surface area (Å²) in [5.74, 6) is -0.245. The van der Waals surface area contributed by atoms with E-state index >= 15 is 0 Å². The average molecular weight is 254 g/mol. The predicted molar refractivity (Wildman–Crippen MR) is 71.6 cm³/mol. The Morgan fingerprint density at radius 3 is 2.84 bits per heavy atom. The van der Waals surface area contributed by atoms with Gasteiger partial charge in [-0.3, -0.25) is 9.59 Å². The number of nitrogens with zero attached hydrogens (tertiary/aromatic N) is 1. The third-order valence-electron chi connectivity index (χ3n) is 3.52. The molecule has 0 spiro atoms. The lowest BCUT2D eigenvalue weighted by atomic mass is 9.96. The highest BCUT2D eigenvalue weighted by Gasteiger charge is 2.21. The van der Waals surface area contributed by atoms with Gasteiger partial charge in [0.25, 0.3) is 0 Å². The van der Waals surface area contributed by atoms with Crippen LogP contribution >= 0.6 is 0 Å². The van der Waals surface area contributed by atoms with Crippen molar-refractivity contribution in [3.05, 3.63) is 53.3 Å². The van der Waals surface area contributed by atoms with Crippen LogP contribution in [-0.2, 0) is 6.42 Å². The Labute approximate surface area is 110 Å². The fraction of sp³-hybridized carbons (Fsp3) is 0.200. The van der Waals surface area contributed by atoms with Crippen LogP contribution in [0.15, 0.2) is 36.5 Å². The first-order valence-corrected chi connectivity index (χ1v) is 6.30. The van der Waals surface area contributed by atoms with Crippen LogP contribution in [0.25, 0.3) is 5.69 Å². The number of fused-ring (bicyclic) bond motifs is 1. The Balaban J connectivity index is 2.10. The average Bonchev–Trinajstić information content (AvgIpc) is 2.84. The molecule has 0 saturated carbocycles. The van der Waals surface area contributed by atoms with Gasteiger partial charge in [0.1, 0.15) is 0 Å². The molecule has 3 rings (SSSR count). The van der Waals surface area contributed by atoms with E-state index in [0.717, 1.165) is 29.8 Å². The van der Waals surface area contributed by atoms with Gasteiger partial charge in [-0.05, 0) is 37.1 Å². The van der Waals surface area contributed by atoms with E-state index in [1.807, 2.05) is 22.9 Å². The zero-order valence-electron chi connectivity index (χ0n) is 10.4. The predicted octanol–water partition coefficient (Wildman–Crippen LogP) is 2.10. The molecular weight excluding hydrogens is 240 g/mol. The van der Waals surface area contributed by atoms with Crippen molar-refractivity contribution >= 4 is 11.7 Å². The summed E-state index contributed by atoms with van der Waals surface area (Å²) in [5, 5.41) is 0. The van der Waals surface area contributed by atoms with Crippen LogP contribution in [0.3, 0.4) is 0 Å². The van der Waals surface area contributed by atoms with Crippen LogP contribution in [0.4, 0.5) is 0 Å². The highest BCUT2D eigenvalue weighted by molar-refractivity contribution is 5.98. The molecule has 1 aliphatic carbocycles. The number of carbonyl (C=O) groups excluding carboxylic acids is 2. The van der Waals surface area contributed by atoms with Crippen LogP contribution in [0, 0.1) is 0 Å². The van der Waals surface area contributed by atoms with Crippen molar-refractivity contribution in [2.24, 2.45) is 5.73 Å². The molecule has 0 fully saturated rings. The van der Waals surface area contributed by atoms with Gasteiger partial charge in [-0.1, -0.05) is 6.07 Å². The minimum absolute atomic E-state index is 0.200. The Hall–Kier alpha value is -2.36. The third kappa shape index (κ3) is 1.95. The molecule has 1 aromatic carbocycles. The summed E-state index contributed by atoms with van der Waals surface area (Å²) in [6.45, 7) is 0. The summed E-state index contributed by atoms with van der Waals surface area (Å²) in [7, 11) is 0. The minimum Gasteiger partial charge on any atom is -0.366 e. The molecule has 19 heavy (non-hydrogen) atoms. The van der Waals surface area contributed by atoms with Crippen LogP contribution in [0.5, 0.6) is 0 Å². The van der Waals surface area contributed by atoms with Gasteiger partial charge in [0, 0.05) is 35.1 Å². The number of amides is 1. The first-order chi connectivity index (χ1) is 9.16. The quantitative estimate of drug-likeness (QED) is 0.891. The van der Waals surface area contributed by atoms with Gasteiger partial charge < -0.3 is 10.3 Å². The van der Waals surface area contributed by atoms with Gasteiger partial charge in [0.05, 0.1) is 0 Å². The van der Waals surface area contributed by atoms with Crippen LogP contribution in [-0.4, -0.2) is 16.3 Å². The highest BCUT2D eigenvalue weighted by atomic mass is 16.1. The van der Waals surface area contributed by atoms with Crippen LogP contribution in [0.2, 0.25) is 0 Å². The number of hydrogen-bond donors (Lipinski definition) is 1. The van der Waals surface area contributed by atoms with Crippen molar-refractivity contribution in [3.63, 3.8) is 0 Å². The van der Waals surface area contributed by atoms with E-state index in [4.69, 9.17) is 5.73 Å². The van der Waals surface area contributed by atoms with Gasteiger partial charge in [-0.15, -0.1) is 0 Å². The zero-order valence-corrected chi connectivity index (χ0v) is 10.4. The fourth-order valence-corrected chi connectivity index (χ4v) is 2.58. The van der Waals surface area contributed by atoms with Gasteiger partial charge in [0.15, 0.2) is 5.78 Å². The molecular formula is C15H14N2O2. The molecule has 0 unspecified atom stereocenters. The molecule has 2 N–H and O–H groups in total. The maximum atomic E-state index is 11.8. The van der Waals surface area contributed by atoms with Gasteiger partial charge in [-0.25, -0.2) is 0 Å². The van der Waals surface area contributed by atoms with Crippen molar-refractivity contribution in [1.82, 2.24) is 4.57 Å². The zero-order chi connectivity index (χ0) is 13.4. The molecule has 0 saturated heterocycles. The molecule has 1 aromatic heterocycles. The largest absolute Gasteiger partial charge is 0.366 e. The van der Waals surface area contributed by atoms with E-state index < -0.39 is 5.91 Å². The van der Waals surface area contributed by atoms with Crippen molar-refractivity contribution < 1.29 is 9.59 Å². The second-order valence-electron chi connectivity index (χ2n) is 4.74. The van der Waals surface area contributed by atoms with E-state index in [1.165, 1.54) is 0 Å². The Bertz CT molecular complexity index is 671. The van der Waals surface area contributed by atoms with Gasteiger partial charge >= 0.3 is 0 Å². The number of nitrogens with two attached hydrogens (primary N) is 1. The number of carbonyl (C=O) groups is 2. The standard InChI is InChI=1S/C15H14N2O2/c16-15(19)10-3-1-4-11(9-10)17-8-7-12-13(17)5-2-6-14(12)18/h1,3-4,7-9H,2,5-6H2,(H2,16,19). The van der Waals surface area contributed by atoms with E-state index in [9.17, 15) is 9.59 Å². The molecule has 1 aliphatic rings. The normalized spacial score (nSPS) is 14.2. The molecule has 0 atom stereocenters. The van der Waals surface area contributed by atoms with Crippen LogP contribution in [0.1, 0.15) is 39.3 Å². The summed E-state index contributed by atoms with van der Waals surface area (Å²) in [6, 6.07) is 9.00. The number of hydrogen-bond acceptors (Lipinski definition) is 2. The number of Topliss-reactive ketones (excluding diaryl/α,β-unsaturated/α-hetero) is 1. The second kappa shape index (κ2) is 4.39. The number of benzene rings is 1. The van der Waals surface area contributed by atoms with Crippen LogP contribution < -0.4 is 5.73 Å². The lowest BCUT2D eigenvalue weighted by Gasteiger charge is -2.15. The summed E-state index contributed by atoms with van der Waals surface area (Å²) in [6.07, 6.45) is 4.27. The van der Waals surface area contributed by atoms with E-state index in [-0.39, 0.29) is 5.78 Å². The Kier molecular flexibility index (Phi) is 2.71. The topological polar surface area (TPSA) is 65.1 Å². The van der Waals surface area contributed by atoms with Gasteiger partial charge in [0.2, 0.25) is 5.91 Å². The lowest BCUT2D eigenvalue weighted by molar-refractivity contribution is 0.0969. The summed E-state index contributed by atoms with van der Waals surface area (Å²) in [5.41, 5.74) is 8.46. The molecule has 1 amide bonds. The Morgan fingerprint density at radius 2 is 2.05 bits per heavy atom. The third-order valence-corrected chi connectivity index (χ3v) is 3.52. The second-order valence-corrected chi connectivity index (χ2v) is 4.74. The molecule has 2 aromatic rings. The maximum Gasteiger partial charge on any atom is 0.248 e. The van der Waals surface area contributed by atoms with E-state index in [1.54, 1.807) is 18.2 Å². The van der Waals surface area contributed by atoms with Crippen molar-refractivity contribution in [2.45, 2.75) is 19.3 Å². The molecule has 96 valence electrons. The van der Waals surface area contributed by atoms with E-state index in [2.05, 4.69) is 0 Å². The summed E-state index contributed by atoms with van der Waals surface area (Å²) < 4.78 is 1.97. The number of aromatic nitrogens is 1. The maximum absolute atomic E-state index is 11.8. The first kappa shape index (κ1) is 11.7. The Morgan fingerprint density at radius 1 is 1.21 bits per heavy atom. The van der Waals surface area contributed by atoms with Crippen molar-refractivity contribution in [2.75, 3.05) is 0 Å². The molecule has 0 aliphatic heterocycles. The number of ketones is 1. The SMILES string of the molecule is NC(=O)c1cccc(-n2ccc3c2CCCC3=O)c1. The first-order valence-electron chi connectivity index (χ1n) is 6.30. The van der Waals surface area contributed by atoms with E-state index in [0.29, 0.717) is 12.0 Å². The minimum atomic E-state index is -0.445. The summed E-state index contributed by atoms with van der Waals surface area (Å²) >= 11 is 0. The number of primary amides is 1.